The summed E-state index contributed by atoms with van der Waals surface area (Å²) in [5.74, 6) is 0. The fraction of sp³-hybridized carbons (Fsp3) is 0. The van der Waals surface area contributed by atoms with Crippen LogP contribution in [-0.2, 0) is 0 Å². The molecule has 8 heavy (non-hydrogen) atoms. The summed E-state index contributed by atoms with van der Waals surface area (Å²) in [4.78, 5) is 0. The van der Waals surface area contributed by atoms with E-state index in [1.54, 1.807) is 0 Å². The Morgan fingerprint density at radius 3 is 0.375 bits per heavy atom. The van der Waals surface area contributed by atoms with Gasteiger partial charge < -0.3 is 88.2 Å². The molecule has 0 aliphatic rings. The summed E-state index contributed by atoms with van der Waals surface area (Å²) in [6, 6.07) is 0. The van der Waals surface area contributed by atoms with Gasteiger partial charge in [0.1, 0.15) is 0 Å². The maximum Gasteiger partial charge on any atom is 3.00 e. The van der Waals surface area contributed by atoms with Crippen LogP contribution in [0.25, 0.3) is 0 Å². The van der Waals surface area contributed by atoms with Gasteiger partial charge in [-0.2, -0.15) is 0 Å². The average Bonchev–Trinajstić information content (AvgIpc) is 0. The molecule has 0 saturated heterocycles. The summed E-state index contributed by atoms with van der Waals surface area (Å²) in [6.45, 7) is 0. The standard InChI is InChI=1S/3BrH.3ClH.2In/h6*1H;;/q;;;;;;2*+3/p-6. The van der Waals surface area contributed by atoms with E-state index in [4.69, 9.17) is 0 Å². The molecule has 0 bridgehead atoms. The fourth-order valence-electron chi connectivity index (χ4n) is 0. The summed E-state index contributed by atoms with van der Waals surface area (Å²) in [7, 11) is 0. The molecule has 48 valence electrons. The van der Waals surface area contributed by atoms with Crippen LogP contribution in [0.2, 0.25) is 0 Å². The summed E-state index contributed by atoms with van der Waals surface area (Å²) < 4.78 is 0. The van der Waals surface area contributed by atoms with E-state index in [1.807, 2.05) is 0 Å². The van der Waals surface area contributed by atoms with E-state index in [2.05, 4.69) is 0 Å². The van der Waals surface area contributed by atoms with Gasteiger partial charge in [0.25, 0.3) is 0 Å². The molecule has 0 spiro atoms. The number of hydrogen-bond donors (Lipinski definition) is 0. The van der Waals surface area contributed by atoms with Gasteiger partial charge in [-0.25, -0.2) is 0 Å². The van der Waals surface area contributed by atoms with Crippen molar-refractivity contribution in [3.63, 3.8) is 0 Å². The third kappa shape index (κ3) is 50.2. The van der Waals surface area contributed by atoms with E-state index in [0.29, 0.717) is 0 Å². The van der Waals surface area contributed by atoms with E-state index in [9.17, 15) is 0 Å². The first-order valence-electron chi connectivity index (χ1n) is 0. The van der Waals surface area contributed by atoms with Crippen molar-refractivity contribution < 1.29 is 88.2 Å². The Morgan fingerprint density at radius 2 is 0.375 bits per heavy atom. The van der Waals surface area contributed by atoms with Crippen molar-refractivity contribution >= 4 is 51.7 Å². The smallest absolute Gasteiger partial charge is 1.00 e. The van der Waals surface area contributed by atoms with Crippen LogP contribution in [0.3, 0.4) is 0 Å². The van der Waals surface area contributed by atoms with Gasteiger partial charge in [0, 0.05) is 0 Å². The van der Waals surface area contributed by atoms with Crippen molar-refractivity contribution in [2.45, 2.75) is 0 Å². The minimum atomic E-state index is 0. The van der Waals surface area contributed by atoms with Crippen molar-refractivity contribution in [1.29, 1.82) is 0 Å². The largest absolute Gasteiger partial charge is 3.00 e. The Bertz CT molecular complexity index is 12.5. The molecule has 0 atom stereocenters. The number of hydrogen-bond acceptors (Lipinski definition) is 0. The van der Waals surface area contributed by atoms with Crippen LogP contribution in [0.4, 0.5) is 0 Å². The normalized spacial score (nSPS) is 0. The van der Waals surface area contributed by atoms with Crippen molar-refractivity contribution in [2.24, 2.45) is 0 Å². The van der Waals surface area contributed by atoms with E-state index >= 15 is 0 Å². The van der Waals surface area contributed by atoms with E-state index in [-0.39, 0.29) is 140 Å². The van der Waals surface area contributed by atoms with Gasteiger partial charge >= 0.3 is 51.7 Å². The summed E-state index contributed by atoms with van der Waals surface area (Å²) >= 11 is 0. The van der Waals surface area contributed by atoms with Gasteiger partial charge in [-0.15, -0.1) is 0 Å². The van der Waals surface area contributed by atoms with Gasteiger partial charge in [-0.1, -0.05) is 0 Å². The third-order valence-electron chi connectivity index (χ3n) is 0. The zero-order valence-electron chi connectivity index (χ0n) is 3.42. The molecule has 0 aromatic rings. The third-order valence-corrected chi connectivity index (χ3v) is 0. The molecule has 0 aliphatic carbocycles. The molecule has 0 fully saturated rings. The van der Waals surface area contributed by atoms with Crippen molar-refractivity contribution in [2.75, 3.05) is 0 Å². The molecule has 0 aromatic carbocycles. The van der Waals surface area contributed by atoms with Gasteiger partial charge in [0.05, 0.1) is 0 Å². The Hall–Kier alpha value is 4.05. The van der Waals surface area contributed by atoms with Crippen LogP contribution in [-0.4, -0.2) is 51.7 Å². The number of rotatable bonds is 0. The van der Waals surface area contributed by atoms with E-state index in [1.165, 1.54) is 0 Å². The first-order valence-corrected chi connectivity index (χ1v) is 0. The molecule has 0 radical (unpaired) electrons. The van der Waals surface area contributed by atoms with Crippen LogP contribution in [0.15, 0.2) is 0 Å². The zero-order valence-corrected chi connectivity index (χ0v) is 17.0. The minimum absolute atomic E-state index is 0. The first kappa shape index (κ1) is 89.7. The molecule has 0 rings (SSSR count). The predicted molar refractivity (Wildman–Crippen MR) is 11.5 cm³/mol. The Kier molecular flexibility index (Phi) is 763. The van der Waals surface area contributed by atoms with Crippen molar-refractivity contribution in [1.82, 2.24) is 0 Å². The molecule has 0 saturated carbocycles. The van der Waals surface area contributed by atoms with Crippen LogP contribution in [0.5, 0.6) is 0 Å². The second-order valence-electron chi connectivity index (χ2n) is 0. The van der Waals surface area contributed by atoms with Gasteiger partial charge in [0.2, 0.25) is 0 Å². The van der Waals surface area contributed by atoms with Crippen LogP contribution < -0.4 is 88.2 Å². The van der Waals surface area contributed by atoms with Crippen LogP contribution >= 0.6 is 0 Å². The predicted octanol–water partition coefficient (Wildman–Crippen LogP) is -18.7. The Morgan fingerprint density at radius 1 is 0.375 bits per heavy atom. The molecule has 0 aromatic heterocycles. The van der Waals surface area contributed by atoms with E-state index < -0.39 is 0 Å². The summed E-state index contributed by atoms with van der Waals surface area (Å²) in [6.07, 6.45) is 0. The van der Waals surface area contributed by atoms with Crippen LogP contribution in [0, 0.1) is 0 Å². The van der Waals surface area contributed by atoms with E-state index in [0.717, 1.165) is 0 Å². The molecule has 8 heteroatoms. The molecule has 0 heterocycles. The van der Waals surface area contributed by atoms with Crippen LogP contribution in [0.1, 0.15) is 0 Å². The SMILES string of the molecule is [Br-].[Br-].[Br-].[Cl-].[Cl-].[Cl-].[In+3].[In+3]. The molecule has 0 nitrogen and oxygen atoms in total. The molecule has 0 unspecified atom stereocenters. The number of halogens is 6. The monoisotopic (exact) mass is 571 g/mol. The maximum atomic E-state index is 0. The average molecular weight is 576 g/mol. The topological polar surface area (TPSA) is 0 Å². The zero-order chi connectivity index (χ0) is 0. The van der Waals surface area contributed by atoms with Gasteiger partial charge in [-0.3, -0.25) is 0 Å². The second-order valence-corrected chi connectivity index (χ2v) is 0. The first-order chi connectivity index (χ1) is 0. The second kappa shape index (κ2) is 68.0. The Labute approximate surface area is 137 Å². The summed E-state index contributed by atoms with van der Waals surface area (Å²) in [5, 5.41) is 0. The maximum absolute atomic E-state index is 0. The molecule has 0 N–H and O–H groups in total. The summed E-state index contributed by atoms with van der Waals surface area (Å²) in [5.41, 5.74) is 0. The van der Waals surface area contributed by atoms with Crippen molar-refractivity contribution in [3.8, 4) is 0 Å². The molecule has 0 amide bonds. The quantitative estimate of drug-likeness (QED) is 0.269. The fourth-order valence-corrected chi connectivity index (χ4v) is 0. The Balaban J connectivity index is 0. The minimum Gasteiger partial charge on any atom is -1.00 e. The molecular formula is Br3Cl3In2. The van der Waals surface area contributed by atoms with Crippen molar-refractivity contribution in [3.05, 3.63) is 0 Å². The van der Waals surface area contributed by atoms with Gasteiger partial charge in [-0.05, 0) is 0 Å². The van der Waals surface area contributed by atoms with Gasteiger partial charge in [0.15, 0.2) is 0 Å². The molecule has 0 aliphatic heterocycles. The molecular weight excluding hydrogens is 576 g/mol.